The van der Waals surface area contributed by atoms with Gasteiger partial charge in [-0.25, -0.2) is 0 Å². The molecule has 1 N–H and O–H groups in total. The first-order valence-electron chi connectivity index (χ1n) is 6.06. The molecule has 0 saturated heterocycles. The Hall–Kier alpha value is -1.72. The monoisotopic (exact) mass is 276 g/mol. The van der Waals surface area contributed by atoms with Crippen molar-refractivity contribution < 1.29 is 4.92 Å². The van der Waals surface area contributed by atoms with Gasteiger partial charge in [0.05, 0.1) is 4.92 Å². The second-order valence-electron chi connectivity index (χ2n) is 4.47. The molecule has 0 aliphatic rings. The first kappa shape index (κ1) is 13.7. The van der Waals surface area contributed by atoms with Crippen LogP contribution in [0.15, 0.2) is 30.3 Å². The van der Waals surface area contributed by atoms with Crippen molar-refractivity contribution in [2.45, 2.75) is 26.9 Å². The Kier molecular flexibility index (Phi) is 4.29. The molecule has 0 unspecified atom stereocenters. The third-order valence-corrected chi connectivity index (χ3v) is 3.94. The molecular weight excluding hydrogens is 260 g/mol. The van der Waals surface area contributed by atoms with Crippen molar-refractivity contribution in [3.63, 3.8) is 0 Å². The van der Waals surface area contributed by atoms with Gasteiger partial charge in [-0.3, -0.25) is 10.1 Å². The van der Waals surface area contributed by atoms with Crippen LogP contribution in [-0.4, -0.2) is 4.92 Å². The number of nitrogens with one attached hydrogen (secondary N) is 1. The molecule has 19 heavy (non-hydrogen) atoms. The zero-order chi connectivity index (χ0) is 13.8. The summed E-state index contributed by atoms with van der Waals surface area (Å²) in [5, 5.41) is 13.9. The minimum absolute atomic E-state index is 0.132. The molecule has 100 valence electrons. The number of thiophene rings is 1. The van der Waals surface area contributed by atoms with Crippen molar-refractivity contribution in [3.8, 4) is 0 Å². The molecule has 4 nitrogen and oxygen atoms in total. The summed E-state index contributed by atoms with van der Waals surface area (Å²) in [7, 11) is 0. The van der Waals surface area contributed by atoms with Crippen LogP contribution in [0.3, 0.4) is 0 Å². The van der Waals surface area contributed by atoms with E-state index in [9.17, 15) is 10.1 Å². The van der Waals surface area contributed by atoms with E-state index in [0.29, 0.717) is 6.54 Å². The van der Waals surface area contributed by atoms with E-state index in [1.165, 1.54) is 27.5 Å². The quantitative estimate of drug-likeness (QED) is 0.671. The van der Waals surface area contributed by atoms with Crippen LogP contribution in [-0.2, 0) is 13.1 Å². The average molecular weight is 276 g/mol. The lowest BCUT2D eigenvalue weighted by atomic mass is 10.2. The molecular formula is C14H16N2O2S. The molecule has 0 aliphatic heterocycles. The number of nitro groups is 1. The van der Waals surface area contributed by atoms with E-state index < -0.39 is 0 Å². The molecule has 2 rings (SSSR count). The van der Waals surface area contributed by atoms with E-state index >= 15 is 0 Å². The van der Waals surface area contributed by atoms with Gasteiger partial charge in [0.2, 0.25) is 0 Å². The van der Waals surface area contributed by atoms with Crippen molar-refractivity contribution >= 4 is 17.0 Å². The number of nitrogens with zero attached hydrogens (tertiary/aromatic N) is 1. The number of nitro benzene ring substituents is 1. The topological polar surface area (TPSA) is 55.2 Å². The molecule has 0 aliphatic carbocycles. The minimum Gasteiger partial charge on any atom is -0.309 e. The molecule has 0 amide bonds. The van der Waals surface area contributed by atoms with Crippen LogP contribution in [0.4, 0.5) is 5.69 Å². The van der Waals surface area contributed by atoms with E-state index in [2.05, 4.69) is 25.2 Å². The van der Waals surface area contributed by atoms with Crippen LogP contribution in [0.2, 0.25) is 0 Å². The number of benzene rings is 1. The van der Waals surface area contributed by atoms with Gasteiger partial charge < -0.3 is 5.32 Å². The number of non-ortho nitro benzene ring substituents is 1. The summed E-state index contributed by atoms with van der Waals surface area (Å²) in [6.45, 7) is 5.78. The summed E-state index contributed by atoms with van der Waals surface area (Å²) in [6.07, 6.45) is 0. The van der Waals surface area contributed by atoms with Gasteiger partial charge in [-0.15, -0.1) is 11.3 Å². The lowest BCUT2D eigenvalue weighted by molar-refractivity contribution is -0.384. The first-order chi connectivity index (χ1) is 9.06. The average Bonchev–Trinajstić information content (AvgIpc) is 2.68. The fraction of sp³-hybridized carbons (Fsp3) is 0.286. The molecule has 1 aromatic heterocycles. The third kappa shape index (κ3) is 3.62. The summed E-state index contributed by atoms with van der Waals surface area (Å²) in [6, 6.07) is 8.85. The van der Waals surface area contributed by atoms with Gasteiger partial charge in [-0.1, -0.05) is 12.1 Å². The molecule has 1 heterocycles. The Morgan fingerprint density at radius 1 is 1.21 bits per heavy atom. The summed E-state index contributed by atoms with van der Waals surface area (Å²) < 4.78 is 0. The summed E-state index contributed by atoms with van der Waals surface area (Å²) in [5.74, 6) is 0. The van der Waals surface area contributed by atoms with Gasteiger partial charge in [-0.2, -0.15) is 0 Å². The van der Waals surface area contributed by atoms with Gasteiger partial charge in [0.15, 0.2) is 0 Å². The Bertz CT molecular complexity index is 576. The lowest BCUT2D eigenvalue weighted by Crippen LogP contribution is -2.12. The number of hydrogen-bond acceptors (Lipinski definition) is 4. The second kappa shape index (κ2) is 5.95. The highest BCUT2D eigenvalue weighted by atomic mass is 32.1. The molecule has 0 spiro atoms. The first-order valence-corrected chi connectivity index (χ1v) is 6.88. The van der Waals surface area contributed by atoms with Crippen LogP contribution in [0.5, 0.6) is 0 Å². The fourth-order valence-corrected chi connectivity index (χ4v) is 2.88. The zero-order valence-electron chi connectivity index (χ0n) is 11.0. The van der Waals surface area contributed by atoms with Crippen LogP contribution in [0.25, 0.3) is 0 Å². The van der Waals surface area contributed by atoms with Crippen LogP contribution in [0, 0.1) is 24.0 Å². The van der Waals surface area contributed by atoms with Crippen LogP contribution >= 0.6 is 11.3 Å². The number of aryl methyl sites for hydroxylation is 2. The van der Waals surface area contributed by atoms with E-state index in [1.807, 2.05) is 0 Å². The van der Waals surface area contributed by atoms with Crippen molar-refractivity contribution in [2.75, 3.05) is 0 Å². The predicted octanol–water partition coefficient (Wildman–Crippen LogP) is 3.56. The molecule has 5 heteroatoms. The van der Waals surface area contributed by atoms with E-state index in [-0.39, 0.29) is 10.6 Å². The number of rotatable bonds is 5. The van der Waals surface area contributed by atoms with E-state index in [0.717, 1.165) is 12.1 Å². The number of hydrogen-bond donors (Lipinski definition) is 1. The predicted molar refractivity (Wildman–Crippen MR) is 77.4 cm³/mol. The Labute approximate surface area is 116 Å². The lowest BCUT2D eigenvalue weighted by Gasteiger charge is -2.04. The minimum atomic E-state index is -0.380. The maximum atomic E-state index is 10.5. The highest BCUT2D eigenvalue weighted by Crippen LogP contribution is 2.20. The standard InChI is InChI=1S/C14H16N2O2S/c1-10-7-13(11(2)19-10)9-15-8-12-3-5-14(6-4-12)16(17)18/h3-7,15H,8-9H2,1-2H3. The van der Waals surface area contributed by atoms with Crippen LogP contribution < -0.4 is 5.32 Å². The smallest absolute Gasteiger partial charge is 0.269 e. The molecule has 2 aromatic rings. The molecule has 0 atom stereocenters. The Morgan fingerprint density at radius 3 is 2.42 bits per heavy atom. The SMILES string of the molecule is Cc1cc(CNCc2ccc([N+](=O)[O-])cc2)c(C)s1. The highest BCUT2D eigenvalue weighted by molar-refractivity contribution is 7.12. The van der Waals surface area contributed by atoms with Crippen LogP contribution in [0.1, 0.15) is 20.9 Å². The Morgan fingerprint density at radius 2 is 1.89 bits per heavy atom. The molecule has 1 aromatic carbocycles. The maximum Gasteiger partial charge on any atom is 0.269 e. The van der Waals surface area contributed by atoms with Gasteiger partial charge in [0, 0.05) is 35.0 Å². The van der Waals surface area contributed by atoms with Gasteiger partial charge >= 0.3 is 0 Å². The normalized spacial score (nSPS) is 10.6. The van der Waals surface area contributed by atoms with Crippen molar-refractivity contribution in [1.29, 1.82) is 0 Å². The molecule has 0 bridgehead atoms. The van der Waals surface area contributed by atoms with Gasteiger partial charge in [0.25, 0.3) is 5.69 Å². The summed E-state index contributed by atoms with van der Waals surface area (Å²) in [4.78, 5) is 12.8. The molecule has 0 saturated carbocycles. The zero-order valence-corrected chi connectivity index (χ0v) is 11.8. The molecule has 0 radical (unpaired) electrons. The maximum absolute atomic E-state index is 10.5. The molecule has 0 fully saturated rings. The van der Waals surface area contributed by atoms with E-state index in [1.54, 1.807) is 23.5 Å². The summed E-state index contributed by atoms with van der Waals surface area (Å²) >= 11 is 1.81. The Balaban J connectivity index is 1.89. The van der Waals surface area contributed by atoms with Crippen molar-refractivity contribution in [3.05, 3.63) is 61.3 Å². The largest absolute Gasteiger partial charge is 0.309 e. The van der Waals surface area contributed by atoms with Crippen molar-refractivity contribution in [1.82, 2.24) is 5.32 Å². The summed E-state index contributed by atoms with van der Waals surface area (Å²) in [5.41, 5.74) is 2.51. The third-order valence-electron chi connectivity index (χ3n) is 2.94. The second-order valence-corrected chi connectivity index (χ2v) is 5.93. The van der Waals surface area contributed by atoms with Gasteiger partial charge in [0.1, 0.15) is 0 Å². The van der Waals surface area contributed by atoms with E-state index in [4.69, 9.17) is 0 Å². The highest BCUT2D eigenvalue weighted by Gasteiger charge is 2.05. The van der Waals surface area contributed by atoms with Gasteiger partial charge in [-0.05, 0) is 31.0 Å². The van der Waals surface area contributed by atoms with Crippen molar-refractivity contribution in [2.24, 2.45) is 0 Å². The fourth-order valence-electron chi connectivity index (χ4n) is 1.94.